The zero-order valence-electron chi connectivity index (χ0n) is 13.9. The molecule has 0 radical (unpaired) electrons. The molecule has 116 valence electrons. The van der Waals surface area contributed by atoms with Crippen molar-refractivity contribution in [3.63, 3.8) is 0 Å². The largest absolute Gasteiger partial charge is 0.320 e. The molecule has 1 aliphatic heterocycles. The lowest BCUT2D eigenvalue weighted by Crippen LogP contribution is -2.57. The Hall–Kier alpha value is -1.35. The molecule has 0 saturated carbocycles. The van der Waals surface area contributed by atoms with Gasteiger partial charge in [0.05, 0.1) is 19.6 Å². The van der Waals surface area contributed by atoms with E-state index in [1.807, 2.05) is 6.07 Å². The first kappa shape index (κ1) is 16.0. The molecule has 0 aliphatic carbocycles. The van der Waals surface area contributed by atoms with Crippen LogP contribution >= 0.6 is 0 Å². The van der Waals surface area contributed by atoms with Crippen LogP contribution in [-0.2, 0) is 4.79 Å². The first-order valence-corrected chi connectivity index (χ1v) is 8.27. The highest BCUT2D eigenvalue weighted by molar-refractivity contribution is 5.95. The predicted octanol–water partition coefficient (Wildman–Crippen LogP) is 3.65. The van der Waals surface area contributed by atoms with Crippen molar-refractivity contribution in [2.24, 2.45) is 0 Å². The lowest BCUT2D eigenvalue weighted by atomic mass is 10.1. The first-order valence-electron chi connectivity index (χ1n) is 8.27. The Morgan fingerprint density at radius 1 is 1.19 bits per heavy atom. The number of para-hydroxylation sites is 1. The van der Waals surface area contributed by atoms with E-state index in [1.165, 1.54) is 12.8 Å². The minimum Gasteiger partial charge on any atom is -0.320 e. The molecule has 1 unspecified atom stereocenters. The number of carbonyl (C=O) groups excluding carboxylic acids is 1. The summed E-state index contributed by atoms with van der Waals surface area (Å²) in [6.45, 7) is 11.8. The molecule has 0 bridgehead atoms. The number of aryl methyl sites for hydroxylation is 2. The molecule has 2 rings (SSSR count). The molecule has 0 spiro atoms. The zero-order valence-corrected chi connectivity index (χ0v) is 13.9. The van der Waals surface area contributed by atoms with E-state index in [9.17, 15) is 4.79 Å². The smallest absolute Gasteiger partial charge is 0.282 e. The number of anilines is 1. The summed E-state index contributed by atoms with van der Waals surface area (Å²) in [6, 6.07) is 6.24. The van der Waals surface area contributed by atoms with E-state index in [0.29, 0.717) is 0 Å². The van der Waals surface area contributed by atoms with Gasteiger partial charge in [-0.05, 0) is 31.9 Å². The molecule has 1 aromatic carbocycles. The summed E-state index contributed by atoms with van der Waals surface area (Å²) >= 11 is 0. The van der Waals surface area contributed by atoms with Crippen LogP contribution in [0.3, 0.4) is 0 Å². The molecule has 1 N–H and O–H groups in total. The second kappa shape index (κ2) is 6.61. The Balaban J connectivity index is 2.21. The Bertz CT molecular complexity index is 484. The summed E-state index contributed by atoms with van der Waals surface area (Å²) in [6.07, 6.45) is 3.41. The third-order valence-electron chi connectivity index (χ3n) is 5.17. The van der Waals surface area contributed by atoms with Crippen molar-refractivity contribution in [2.45, 2.75) is 53.0 Å². The topological polar surface area (TPSA) is 29.1 Å². The maximum atomic E-state index is 12.9. The maximum absolute atomic E-state index is 12.9. The number of rotatable bonds is 5. The lowest BCUT2D eigenvalue weighted by Gasteiger charge is -2.39. The number of nitrogens with zero attached hydrogens (tertiary/aromatic N) is 1. The van der Waals surface area contributed by atoms with Gasteiger partial charge in [0.15, 0.2) is 6.04 Å². The van der Waals surface area contributed by atoms with E-state index in [-0.39, 0.29) is 11.9 Å². The standard InChI is InChI=1S/C18H28N2O/c1-5-16(20(6-2)12-7-8-13-20)18(21)19-17-14(3)10-9-11-15(17)4/h9-11,16H,5-8,12-13H2,1-4H3/p+1. The number of benzene rings is 1. The van der Waals surface area contributed by atoms with E-state index in [0.717, 1.165) is 47.4 Å². The van der Waals surface area contributed by atoms with Crippen LogP contribution in [0.25, 0.3) is 0 Å². The van der Waals surface area contributed by atoms with E-state index in [4.69, 9.17) is 0 Å². The van der Waals surface area contributed by atoms with Gasteiger partial charge >= 0.3 is 0 Å². The SMILES string of the molecule is CCC(C(=O)Nc1c(C)cccc1C)[N+]1(CC)CCCC1. The fraction of sp³-hybridized carbons (Fsp3) is 0.611. The third kappa shape index (κ3) is 3.13. The van der Waals surface area contributed by atoms with E-state index in [2.05, 4.69) is 45.1 Å². The molecule has 1 heterocycles. The van der Waals surface area contributed by atoms with E-state index < -0.39 is 0 Å². The van der Waals surface area contributed by atoms with Crippen molar-refractivity contribution in [3.05, 3.63) is 29.3 Å². The summed E-state index contributed by atoms with van der Waals surface area (Å²) in [5.41, 5.74) is 3.28. The maximum Gasteiger partial charge on any atom is 0.282 e. The fourth-order valence-electron chi connectivity index (χ4n) is 3.85. The highest BCUT2D eigenvalue weighted by Gasteiger charge is 2.41. The number of hydrogen-bond acceptors (Lipinski definition) is 1. The van der Waals surface area contributed by atoms with Crippen molar-refractivity contribution in [2.75, 3.05) is 25.0 Å². The van der Waals surface area contributed by atoms with E-state index >= 15 is 0 Å². The molecule has 1 fully saturated rings. The highest BCUT2D eigenvalue weighted by atomic mass is 16.2. The van der Waals surface area contributed by atoms with Crippen LogP contribution < -0.4 is 5.32 Å². The van der Waals surface area contributed by atoms with Gasteiger partial charge in [0, 0.05) is 24.9 Å². The van der Waals surface area contributed by atoms with Crippen LogP contribution in [0, 0.1) is 13.8 Å². The molecule has 1 aliphatic rings. The molecule has 1 aromatic rings. The van der Waals surface area contributed by atoms with Crippen molar-refractivity contribution < 1.29 is 9.28 Å². The Kier molecular flexibility index (Phi) is 5.04. The lowest BCUT2D eigenvalue weighted by molar-refractivity contribution is -0.930. The molecule has 1 atom stereocenters. The van der Waals surface area contributed by atoms with Crippen LogP contribution in [0.15, 0.2) is 18.2 Å². The molecule has 1 amide bonds. The van der Waals surface area contributed by atoms with Gasteiger partial charge in [0.1, 0.15) is 0 Å². The predicted molar refractivity (Wildman–Crippen MR) is 88.4 cm³/mol. The molecule has 1 saturated heterocycles. The Morgan fingerprint density at radius 2 is 1.76 bits per heavy atom. The summed E-state index contributed by atoms with van der Waals surface area (Å²) in [5.74, 6) is 0.193. The fourth-order valence-corrected chi connectivity index (χ4v) is 3.85. The summed E-state index contributed by atoms with van der Waals surface area (Å²) in [4.78, 5) is 12.9. The quantitative estimate of drug-likeness (QED) is 0.824. The second-order valence-electron chi connectivity index (χ2n) is 6.37. The van der Waals surface area contributed by atoms with Gasteiger partial charge in [0.25, 0.3) is 5.91 Å². The zero-order chi connectivity index (χ0) is 15.5. The number of carbonyl (C=O) groups is 1. The van der Waals surface area contributed by atoms with Crippen LogP contribution in [0.1, 0.15) is 44.2 Å². The highest BCUT2D eigenvalue weighted by Crippen LogP contribution is 2.27. The average molecular weight is 289 g/mol. The van der Waals surface area contributed by atoms with Gasteiger partial charge < -0.3 is 9.80 Å². The summed E-state index contributed by atoms with van der Waals surface area (Å²) in [7, 11) is 0. The van der Waals surface area contributed by atoms with Crippen LogP contribution in [0.5, 0.6) is 0 Å². The summed E-state index contributed by atoms with van der Waals surface area (Å²) < 4.78 is 0.966. The molecule has 3 heteroatoms. The van der Waals surface area contributed by atoms with Gasteiger partial charge in [-0.2, -0.15) is 0 Å². The van der Waals surface area contributed by atoms with Gasteiger partial charge in [-0.3, -0.25) is 4.79 Å². The number of likely N-dealkylation sites (tertiary alicyclic amines) is 1. The normalized spacial score (nSPS) is 18.5. The molecule has 21 heavy (non-hydrogen) atoms. The monoisotopic (exact) mass is 289 g/mol. The average Bonchev–Trinajstić information content (AvgIpc) is 2.94. The number of amides is 1. The van der Waals surface area contributed by atoms with Gasteiger partial charge in [-0.15, -0.1) is 0 Å². The third-order valence-corrected chi connectivity index (χ3v) is 5.17. The minimum atomic E-state index is 0.0801. The van der Waals surface area contributed by atoms with Crippen molar-refractivity contribution in [1.29, 1.82) is 0 Å². The number of hydrogen-bond donors (Lipinski definition) is 1. The number of nitrogens with one attached hydrogen (secondary N) is 1. The Morgan fingerprint density at radius 3 is 2.24 bits per heavy atom. The molecular formula is C18H29N2O+. The van der Waals surface area contributed by atoms with Crippen LogP contribution in [-0.4, -0.2) is 36.1 Å². The summed E-state index contributed by atoms with van der Waals surface area (Å²) in [5, 5.41) is 3.21. The second-order valence-corrected chi connectivity index (χ2v) is 6.37. The van der Waals surface area contributed by atoms with Crippen LogP contribution in [0.4, 0.5) is 5.69 Å². The van der Waals surface area contributed by atoms with Crippen molar-refractivity contribution in [1.82, 2.24) is 0 Å². The molecule has 3 nitrogen and oxygen atoms in total. The van der Waals surface area contributed by atoms with Gasteiger partial charge in [0.2, 0.25) is 0 Å². The molecule has 0 aromatic heterocycles. The minimum absolute atomic E-state index is 0.0801. The van der Waals surface area contributed by atoms with Gasteiger partial charge in [-0.25, -0.2) is 0 Å². The number of likely N-dealkylation sites (N-methyl/N-ethyl adjacent to an activating group) is 1. The molecular weight excluding hydrogens is 260 g/mol. The van der Waals surface area contributed by atoms with Crippen LogP contribution in [0.2, 0.25) is 0 Å². The van der Waals surface area contributed by atoms with Gasteiger partial charge in [-0.1, -0.05) is 25.1 Å². The van der Waals surface area contributed by atoms with E-state index in [1.54, 1.807) is 0 Å². The van der Waals surface area contributed by atoms with Crippen molar-refractivity contribution >= 4 is 11.6 Å². The Labute approximate surface area is 128 Å². The number of quaternary nitrogens is 1. The first-order chi connectivity index (χ1) is 10.0. The van der Waals surface area contributed by atoms with Crippen molar-refractivity contribution in [3.8, 4) is 0 Å².